The van der Waals surface area contributed by atoms with E-state index in [1.807, 2.05) is 35.7 Å². The normalized spacial score (nSPS) is 11.4. The first-order chi connectivity index (χ1) is 12.0. The summed E-state index contributed by atoms with van der Waals surface area (Å²) in [5.74, 6) is 0.179. The van der Waals surface area contributed by atoms with Crippen LogP contribution in [0.1, 0.15) is 40.6 Å². The van der Waals surface area contributed by atoms with Gasteiger partial charge in [0.2, 0.25) is 0 Å². The van der Waals surface area contributed by atoms with Crippen molar-refractivity contribution in [2.45, 2.75) is 19.8 Å². The van der Waals surface area contributed by atoms with Gasteiger partial charge in [-0.2, -0.15) is 10.2 Å². The summed E-state index contributed by atoms with van der Waals surface area (Å²) in [5, 5.41) is 13.5. The minimum absolute atomic E-state index is 0.226. The van der Waals surface area contributed by atoms with Crippen molar-refractivity contribution < 1.29 is 4.79 Å². The van der Waals surface area contributed by atoms with Crippen molar-refractivity contribution in [2.24, 2.45) is 5.10 Å². The van der Waals surface area contributed by atoms with Gasteiger partial charge in [-0.3, -0.25) is 9.89 Å². The highest BCUT2D eigenvalue weighted by atomic mass is 35.5. The third-order valence-corrected chi connectivity index (χ3v) is 5.11. The van der Waals surface area contributed by atoms with E-state index < -0.39 is 0 Å². The molecule has 0 aliphatic heterocycles. The number of benzene rings is 1. The fourth-order valence-corrected chi connectivity index (χ4v) is 3.27. The molecule has 0 aliphatic rings. The highest BCUT2D eigenvalue weighted by molar-refractivity contribution is 7.10. The van der Waals surface area contributed by atoms with Gasteiger partial charge in [-0.25, -0.2) is 5.43 Å². The maximum Gasteiger partial charge on any atom is 0.272 e. The van der Waals surface area contributed by atoms with Crippen LogP contribution in [-0.2, 0) is 0 Å². The molecule has 25 heavy (non-hydrogen) atoms. The summed E-state index contributed by atoms with van der Waals surface area (Å²) < 4.78 is 0. The zero-order valence-electron chi connectivity index (χ0n) is 13.8. The van der Waals surface area contributed by atoms with Crippen molar-refractivity contribution in [1.29, 1.82) is 0 Å². The van der Waals surface area contributed by atoms with Gasteiger partial charge in [-0.15, -0.1) is 11.3 Å². The van der Waals surface area contributed by atoms with Crippen molar-refractivity contribution in [1.82, 2.24) is 15.6 Å². The Morgan fingerprint density at radius 2 is 2.12 bits per heavy atom. The zero-order valence-corrected chi connectivity index (χ0v) is 15.4. The fraction of sp³-hybridized carbons (Fsp3) is 0.167. The summed E-state index contributed by atoms with van der Waals surface area (Å²) in [6, 6.07) is 9.30. The number of hydrogen-bond acceptors (Lipinski definition) is 4. The van der Waals surface area contributed by atoms with E-state index in [1.165, 1.54) is 4.88 Å². The topological polar surface area (TPSA) is 70.1 Å². The fourth-order valence-electron chi connectivity index (χ4n) is 2.24. The number of carbonyl (C=O) groups excluding carboxylic acids is 1. The number of hydrogen-bond donors (Lipinski definition) is 2. The van der Waals surface area contributed by atoms with Crippen molar-refractivity contribution in [3.05, 3.63) is 62.9 Å². The van der Waals surface area contributed by atoms with Gasteiger partial charge in [-0.05, 0) is 24.1 Å². The molecule has 0 bridgehead atoms. The Kier molecular flexibility index (Phi) is 5.31. The van der Waals surface area contributed by atoms with Crippen LogP contribution in [0.5, 0.6) is 0 Å². The molecule has 0 atom stereocenters. The quantitative estimate of drug-likeness (QED) is 0.504. The maximum absolute atomic E-state index is 12.1. The van der Waals surface area contributed by atoms with Crippen LogP contribution in [0.25, 0.3) is 11.3 Å². The molecule has 5 nitrogen and oxygen atoms in total. The molecule has 0 unspecified atom stereocenters. The molecule has 0 aliphatic carbocycles. The molecule has 0 saturated heterocycles. The third kappa shape index (κ3) is 4.15. The summed E-state index contributed by atoms with van der Waals surface area (Å²) in [7, 11) is 0. The Hall–Kier alpha value is -2.44. The first-order valence-electron chi connectivity index (χ1n) is 7.75. The van der Waals surface area contributed by atoms with E-state index in [4.69, 9.17) is 11.6 Å². The minimum Gasteiger partial charge on any atom is -0.277 e. The second kappa shape index (κ2) is 7.63. The molecule has 2 N–H and O–H groups in total. The molecule has 128 valence electrons. The summed E-state index contributed by atoms with van der Waals surface area (Å²) in [4.78, 5) is 13.3. The van der Waals surface area contributed by atoms with Crippen LogP contribution in [-0.4, -0.2) is 22.3 Å². The van der Waals surface area contributed by atoms with Gasteiger partial charge in [0.05, 0.1) is 23.7 Å². The summed E-state index contributed by atoms with van der Waals surface area (Å²) in [6.07, 6.45) is 3.22. The standard InChI is InChI=1S/C18H17ClN4OS/c1-11(2)16-7-13(10-25-16)18(24)23-21-9-14-8-20-22-17(14)12-3-5-15(19)6-4-12/h3-11H,1-2H3,(H,20,22)(H,23,24)/b21-9-. The van der Waals surface area contributed by atoms with E-state index in [0.29, 0.717) is 16.5 Å². The number of thiophene rings is 1. The average molecular weight is 373 g/mol. The number of nitrogens with zero attached hydrogens (tertiary/aromatic N) is 2. The van der Waals surface area contributed by atoms with Crippen LogP contribution in [0.4, 0.5) is 0 Å². The summed E-state index contributed by atoms with van der Waals surface area (Å²) >= 11 is 7.49. The Balaban J connectivity index is 1.69. The first-order valence-corrected chi connectivity index (χ1v) is 9.01. The number of aromatic amines is 1. The highest BCUT2D eigenvalue weighted by Gasteiger charge is 2.10. The summed E-state index contributed by atoms with van der Waals surface area (Å²) in [5.41, 5.74) is 5.70. The number of hydrazone groups is 1. The number of halogens is 1. The lowest BCUT2D eigenvalue weighted by Gasteiger charge is -2.00. The molecule has 2 aromatic heterocycles. The lowest BCUT2D eigenvalue weighted by atomic mass is 10.1. The maximum atomic E-state index is 12.1. The molecular weight excluding hydrogens is 356 g/mol. The van der Waals surface area contributed by atoms with Crippen LogP contribution < -0.4 is 5.43 Å². The minimum atomic E-state index is -0.226. The first kappa shape index (κ1) is 17.4. The van der Waals surface area contributed by atoms with Crippen molar-refractivity contribution in [3.63, 3.8) is 0 Å². The van der Waals surface area contributed by atoms with E-state index in [9.17, 15) is 4.79 Å². The molecule has 3 rings (SSSR count). The van der Waals surface area contributed by atoms with Crippen molar-refractivity contribution in [2.75, 3.05) is 0 Å². The predicted molar refractivity (Wildman–Crippen MR) is 103 cm³/mol. The number of amides is 1. The van der Waals surface area contributed by atoms with Crippen LogP contribution in [0, 0.1) is 0 Å². The van der Waals surface area contributed by atoms with Crippen molar-refractivity contribution in [3.8, 4) is 11.3 Å². The van der Waals surface area contributed by atoms with E-state index >= 15 is 0 Å². The number of H-pyrrole nitrogens is 1. The largest absolute Gasteiger partial charge is 0.277 e. The highest BCUT2D eigenvalue weighted by Crippen LogP contribution is 2.23. The SMILES string of the molecule is CC(C)c1cc(C(=O)N/N=C\c2cn[nH]c2-c2ccc(Cl)cc2)cs1. The van der Waals surface area contributed by atoms with Crippen LogP contribution in [0.3, 0.4) is 0 Å². The number of aromatic nitrogens is 2. The van der Waals surface area contributed by atoms with E-state index in [0.717, 1.165) is 16.8 Å². The third-order valence-electron chi connectivity index (χ3n) is 3.62. The number of nitrogens with one attached hydrogen (secondary N) is 2. The van der Waals surface area contributed by atoms with Crippen LogP contribution in [0.15, 0.2) is 47.0 Å². The van der Waals surface area contributed by atoms with Crippen molar-refractivity contribution >= 4 is 35.1 Å². The molecule has 1 aromatic carbocycles. The molecule has 0 saturated carbocycles. The van der Waals surface area contributed by atoms with Crippen LogP contribution in [0.2, 0.25) is 5.02 Å². The monoisotopic (exact) mass is 372 g/mol. The Morgan fingerprint density at radius 1 is 1.36 bits per heavy atom. The summed E-state index contributed by atoms with van der Waals surface area (Å²) in [6.45, 7) is 4.20. The second-order valence-corrected chi connectivity index (χ2v) is 7.18. The smallest absolute Gasteiger partial charge is 0.272 e. The molecule has 7 heteroatoms. The molecule has 0 spiro atoms. The average Bonchev–Trinajstić information content (AvgIpc) is 3.25. The predicted octanol–water partition coefficient (Wildman–Crippen LogP) is 4.68. The second-order valence-electron chi connectivity index (χ2n) is 5.80. The van der Waals surface area contributed by atoms with Gasteiger partial charge in [-0.1, -0.05) is 37.6 Å². The zero-order chi connectivity index (χ0) is 17.8. The Bertz CT molecular complexity index is 896. The molecule has 3 aromatic rings. The van der Waals surface area contributed by atoms with Crippen LogP contribution >= 0.6 is 22.9 Å². The lowest BCUT2D eigenvalue weighted by Crippen LogP contribution is -2.16. The van der Waals surface area contributed by atoms with E-state index in [1.54, 1.807) is 23.7 Å². The van der Waals surface area contributed by atoms with E-state index in [2.05, 4.69) is 34.6 Å². The van der Waals surface area contributed by atoms with Gasteiger partial charge in [0.15, 0.2) is 0 Å². The lowest BCUT2D eigenvalue weighted by molar-refractivity contribution is 0.0955. The molecular formula is C18H17ClN4OS. The Morgan fingerprint density at radius 3 is 2.80 bits per heavy atom. The van der Waals surface area contributed by atoms with Gasteiger partial charge in [0, 0.05) is 26.4 Å². The molecule has 1 amide bonds. The van der Waals surface area contributed by atoms with E-state index in [-0.39, 0.29) is 5.91 Å². The number of carbonyl (C=O) groups is 1. The Labute approximate surface area is 154 Å². The molecule has 0 fully saturated rings. The van der Waals surface area contributed by atoms with Gasteiger partial charge in [0.25, 0.3) is 5.91 Å². The molecule has 2 heterocycles. The molecule has 0 radical (unpaired) electrons. The number of rotatable bonds is 5. The van der Waals surface area contributed by atoms with Gasteiger partial charge >= 0.3 is 0 Å². The van der Waals surface area contributed by atoms with Gasteiger partial charge < -0.3 is 0 Å². The van der Waals surface area contributed by atoms with Gasteiger partial charge in [0.1, 0.15) is 0 Å².